The van der Waals surface area contributed by atoms with Crippen molar-refractivity contribution in [2.24, 2.45) is 17.4 Å². The number of benzene rings is 2. The number of fused-ring (bicyclic) bond motifs is 3. The van der Waals surface area contributed by atoms with Gasteiger partial charge in [-0.15, -0.1) is 5.92 Å². The van der Waals surface area contributed by atoms with Gasteiger partial charge in [-0.25, -0.2) is 4.79 Å². The summed E-state index contributed by atoms with van der Waals surface area (Å²) in [6, 6.07) is 7.98. The number of aliphatic hydroxyl groups excluding tert-OH is 1. The molecule has 0 radical (unpaired) electrons. The first-order valence-corrected chi connectivity index (χ1v) is 19.2. The number of ether oxygens (including phenoxy) is 2. The molecule has 10 N–H and O–H groups in total. The van der Waals surface area contributed by atoms with Crippen molar-refractivity contribution in [1.82, 2.24) is 16.0 Å². The van der Waals surface area contributed by atoms with Gasteiger partial charge in [0.2, 0.25) is 0 Å². The standard InChI is InChI=1S/C44H49N5O8/c1-4-25(13-15-47-3)43(54)56-34-21-32-40(53)38-33(52)20-30(23-50)55-42(38)39-37(27-14-16-48-36(46)19-27)31(26-7-5-9-29(51)18-26)10-6-8-28(44(34,2)57-41(32)39)17-24-11-12-35(45)49-22-24/h4-5,7,9,11-12,14,18-20,22,28,31,34-35,37,47-51,53H,8,13,15-17,21,23,45-46H2,1-3H3. The summed E-state index contributed by atoms with van der Waals surface area (Å²) in [5.74, 6) is 4.97. The second-order valence-corrected chi connectivity index (χ2v) is 15.0. The zero-order chi connectivity index (χ0) is 40.4. The van der Waals surface area contributed by atoms with E-state index in [0.717, 1.165) is 17.2 Å². The second-order valence-electron chi connectivity index (χ2n) is 15.0. The van der Waals surface area contributed by atoms with Crippen LogP contribution in [0.4, 0.5) is 0 Å². The topological polar surface area (TPSA) is 215 Å². The molecule has 2 aromatic carbocycles. The van der Waals surface area contributed by atoms with Gasteiger partial charge in [0, 0.05) is 60.2 Å². The summed E-state index contributed by atoms with van der Waals surface area (Å²) in [7, 11) is 1.81. The normalized spacial score (nSPS) is 25.4. The molecule has 0 spiro atoms. The summed E-state index contributed by atoms with van der Waals surface area (Å²) in [4.78, 5) is 28.0. The molecule has 6 unspecified atom stereocenters. The minimum atomic E-state index is -1.27. The van der Waals surface area contributed by atoms with Crippen LogP contribution in [0.5, 0.6) is 17.2 Å². The summed E-state index contributed by atoms with van der Waals surface area (Å²) in [6.07, 6.45) is 11.0. The molecule has 3 aromatic rings. The first kappa shape index (κ1) is 39.3. The highest BCUT2D eigenvalue weighted by molar-refractivity contribution is 5.92. The van der Waals surface area contributed by atoms with E-state index in [-0.39, 0.29) is 52.1 Å². The number of nitrogens with one attached hydrogen (secondary N) is 3. The molecule has 0 saturated carbocycles. The van der Waals surface area contributed by atoms with Crippen LogP contribution >= 0.6 is 0 Å². The third-order valence-electron chi connectivity index (χ3n) is 11.4. The monoisotopic (exact) mass is 775 g/mol. The van der Waals surface area contributed by atoms with Crippen LogP contribution in [-0.4, -0.2) is 59.3 Å². The largest absolute Gasteiger partial charge is 0.508 e. The maximum Gasteiger partial charge on any atom is 0.334 e. The maximum atomic E-state index is 14.0. The average molecular weight is 776 g/mol. The Morgan fingerprint density at radius 3 is 2.77 bits per heavy atom. The van der Waals surface area contributed by atoms with Gasteiger partial charge < -0.3 is 56.6 Å². The number of esters is 1. The second kappa shape index (κ2) is 16.3. The van der Waals surface area contributed by atoms with Crippen molar-refractivity contribution < 1.29 is 34.0 Å². The SMILES string of the molecule is CC=C(CCNC)C(=O)OC1Cc2c3c(c4oc(CO)cc(=O)c4c2O)C(C2=CCNC(N)=C2)C(c2cccc(O)c2)C#CCC(CC2=CNC(N)C=C2)C1(C)O3. The molecule has 5 heterocycles. The van der Waals surface area contributed by atoms with Gasteiger partial charge in [0.15, 0.2) is 5.43 Å². The summed E-state index contributed by atoms with van der Waals surface area (Å²) in [5, 5.41) is 42.4. The molecule has 13 heteroatoms. The Kier molecular flexibility index (Phi) is 11.2. The van der Waals surface area contributed by atoms with Crippen molar-refractivity contribution in [3.8, 4) is 29.1 Å². The van der Waals surface area contributed by atoms with Gasteiger partial charge in [0.1, 0.15) is 52.3 Å². The van der Waals surface area contributed by atoms with Crippen LogP contribution in [0, 0.1) is 17.8 Å². The van der Waals surface area contributed by atoms with Crippen LogP contribution in [0.15, 0.2) is 98.7 Å². The Morgan fingerprint density at radius 2 is 2.07 bits per heavy atom. The molecule has 298 valence electrons. The Bertz CT molecular complexity index is 2360. The number of nitrogens with two attached hydrogens (primary N) is 2. The molecule has 0 aliphatic carbocycles. The lowest BCUT2D eigenvalue weighted by Crippen LogP contribution is -2.56. The third-order valence-corrected chi connectivity index (χ3v) is 11.4. The number of rotatable bonds is 10. The van der Waals surface area contributed by atoms with Crippen molar-refractivity contribution >= 4 is 16.9 Å². The van der Waals surface area contributed by atoms with E-state index in [1.54, 1.807) is 44.3 Å². The number of carbonyl (C=O) groups is 1. The lowest BCUT2D eigenvalue weighted by Gasteiger charge is -2.48. The maximum absolute atomic E-state index is 14.0. The predicted molar refractivity (Wildman–Crippen MR) is 216 cm³/mol. The molecule has 4 aliphatic rings. The fraction of sp³-hybridized carbons (Fsp3) is 0.364. The van der Waals surface area contributed by atoms with Crippen LogP contribution in [0.25, 0.3) is 11.0 Å². The quantitative estimate of drug-likeness (QED) is 0.0838. The summed E-state index contributed by atoms with van der Waals surface area (Å²) in [6.45, 7) is 4.04. The van der Waals surface area contributed by atoms with Crippen molar-refractivity contribution in [2.75, 3.05) is 20.1 Å². The number of dihydropyridines is 2. The van der Waals surface area contributed by atoms with Gasteiger partial charge in [-0.05, 0) is 81.3 Å². The molecule has 7 rings (SSSR count). The van der Waals surface area contributed by atoms with Gasteiger partial charge in [0.25, 0.3) is 0 Å². The highest BCUT2D eigenvalue weighted by atomic mass is 16.6. The van der Waals surface area contributed by atoms with Crippen molar-refractivity contribution in [2.45, 2.75) is 75.8 Å². The molecule has 0 amide bonds. The highest BCUT2D eigenvalue weighted by Gasteiger charge is 2.52. The zero-order valence-corrected chi connectivity index (χ0v) is 32.2. The molecular formula is C44H49N5O8. The van der Waals surface area contributed by atoms with Crippen molar-refractivity contribution in [3.05, 3.63) is 122 Å². The first-order valence-electron chi connectivity index (χ1n) is 19.2. The van der Waals surface area contributed by atoms with E-state index in [1.165, 1.54) is 0 Å². The number of aliphatic hydroxyl groups is 1. The van der Waals surface area contributed by atoms with E-state index in [4.69, 9.17) is 25.4 Å². The van der Waals surface area contributed by atoms with E-state index in [1.807, 2.05) is 37.4 Å². The van der Waals surface area contributed by atoms with Gasteiger partial charge in [0.05, 0.1) is 17.9 Å². The Morgan fingerprint density at radius 1 is 1.25 bits per heavy atom. The van der Waals surface area contributed by atoms with Crippen LogP contribution in [0.2, 0.25) is 0 Å². The molecular weight excluding hydrogens is 727 g/mol. The van der Waals surface area contributed by atoms with Crippen LogP contribution in [0.3, 0.4) is 0 Å². The van der Waals surface area contributed by atoms with E-state index in [0.29, 0.717) is 54.9 Å². The van der Waals surface area contributed by atoms with Gasteiger partial charge in [-0.1, -0.05) is 36.3 Å². The molecule has 2 bridgehead atoms. The Balaban J connectivity index is 1.55. The molecule has 13 nitrogen and oxygen atoms in total. The lowest BCUT2D eigenvalue weighted by atomic mass is 9.70. The molecule has 4 aliphatic heterocycles. The third kappa shape index (κ3) is 7.64. The van der Waals surface area contributed by atoms with Crippen molar-refractivity contribution in [1.29, 1.82) is 0 Å². The molecule has 57 heavy (non-hydrogen) atoms. The van der Waals surface area contributed by atoms with Gasteiger partial charge in [-0.2, -0.15) is 0 Å². The fourth-order valence-electron chi connectivity index (χ4n) is 8.26. The van der Waals surface area contributed by atoms with Crippen LogP contribution in [-0.2, 0) is 22.6 Å². The zero-order valence-electron chi connectivity index (χ0n) is 32.2. The molecule has 0 saturated heterocycles. The smallest absolute Gasteiger partial charge is 0.334 e. The van der Waals surface area contributed by atoms with E-state index in [9.17, 15) is 24.9 Å². The van der Waals surface area contributed by atoms with E-state index < -0.39 is 47.5 Å². The predicted octanol–water partition coefficient (Wildman–Crippen LogP) is 3.80. The average Bonchev–Trinajstić information content (AvgIpc) is 3.19. The number of hydrogen-bond acceptors (Lipinski definition) is 13. The summed E-state index contributed by atoms with van der Waals surface area (Å²) >= 11 is 0. The fourth-order valence-corrected chi connectivity index (χ4v) is 8.26. The minimum absolute atomic E-state index is 0.0133. The first-order chi connectivity index (χ1) is 27.4. The van der Waals surface area contributed by atoms with Gasteiger partial charge in [-0.3, -0.25) is 4.79 Å². The summed E-state index contributed by atoms with van der Waals surface area (Å²) < 4.78 is 20.1. The number of phenols is 2. The molecule has 1 aromatic heterocycles. The molecule has 6 atom stereocenters. The van der Waals surface area contributed by atoms with Crippen LogP contribution < -0.4 is 37.6 Å². The highest BCUT2D eigenvalue weighted by Crippen LogP contribution is 2.55. The van der Waals surface area contributed by atoms with E-state index >= 15 is 0 Å². The Hall–Kier alpha value is -5.94. The van der Waals surface area contributed by atoms with E-state index in [2.05, 4.69) is 27.8 Å². The van der Waals surface area contributed by atoms with Gasteiger partial charge >= 0.3 is 5.97 Å². The number of carbonyl (C=O) groups excluding carboxylic acids is 1. The number of allylic oxidation sites excluding steroid dienone is 5. The number of aromatic hydroxyl groups is 2. The van der Waals surface area contributed by atoms with Crippen LogP contribution in [0.1, 0.15) is 67.4 Å². The summed E-state index contributed by atoms with van der Waals surface area (Å²) in [5.41, 5.74) is 14.1. The minimum Gasteiger partial charge on any atom is -0.508 e. The number of hydrogen-bond donors (Lipinski definition) is 8. The van der Waals surface area contributed by atoms with Crippen molar-refractivity contribution in [3.63, 3.8) is 0 Å². The Labute approximate surface area is 330 Å². The lowest BCUT2D eigenvalue weighted by molar-refractivity contribution is -0.164. The molecule has 0 fully saturated rings. The number of phenolic OH excluding ortho intramolecular Hbond substituents is 2.